The van der Waals surface area contributed by atoms with Gasteiger partial charge in [0.25, 0.3) is 0 Å². The molecular weight excluding hydrogens is 1160 g/mol. The monoisotopic (exact) mass is 1250 g/mol. The lowest BCUT2D eigenvalue weighted by Gasteiger charge is -2.32. The van der Waals surface area contributed by atoms with E-state index in [0.717, 1.165) is 11.8 Å². The number of para-hydroxylation sites is 1. The molecule has 1 aromatic heterocycles. The highest BCUT2D eigenvalue weighted by Crippen LogP contribution is 2.21. The number of aromatic nitrogens is 1. The summed E-state index contributed by atoms with van der Waals surface area (Å²) in [4.78, 5) is 163. The number of phenols is 1. The standard InChI is InChI=1S/C58H90N18O13/c1-29(2)24-31(5)49(82)72-42(27-45(60)80)51(84)73-41(26-34-28-68-37-13-9-8-12-36(34)37)52(85)74-46(30(3)4)54(87)75-47(32(6)77)55(88)69-38(14-10-22-66-57(62)63)50(83)70-39(20-21-44(59)79)56(89)76(7)43(15-11-23-67-58(64)65)53(86)71-40(48(61)81)25-33-16-18-35(78)19-17-33/h8-9,12-13,16-19,28-32,38-43,46-47,68,77-78H,10-11,14-15,20-27H2,1-7H3,(H2,59,79)(H2,60,80)(H2,61,81)(H,69,88)(H,70,83)(H,71,86)(H,72,82)(H,73,84)(H,74,85)(H,75,87)(H4,62,63,66)(H4,64,65,67)/t31-,32+,38-,39-,40?,41-,42-,43-,46-,47-/m0/s1. The highest BCUT2D eigenvalue weighted by molar-refractivity contribution is 5.99. The molecule has 3 aromatic rings. The fourth-order valence-corrected chi connectivity index (χ4v) is 9.58. The minimum absolute atomic E-state index is 0.000199. The molecule has 0 fully saturated rings. The van der Waals surface area contributed by atoms with Crippen molar-refractivity contribution < 1.29 is 63.0 Å². The molecule has 0 bridgehead atoms. The summed E-state index contributed by atoms with van der Waals surface area (Å²) in [5, 5.41) is 39.5. The number of nitrogens with zero attached hydrogens (tertiary/aromatic N) is 3. The van der Waals surface area contributed by atoms with E-state index in [-0.39, 0.29) is 75.2 Å². The number of carbonyl (C=O) groups excluding carboxylic acids is 11. The maximum absolute atomic E-state index is 14.6. The van der Waals surface area contributed by atoms with Crippen LogP contribution < -0.4 is 77.4 Å². The predicted octanol–water partition coefficient (Wildman–Crippen LogP) is -3.67. The highest BCUT2D eigenvalue weighted by atomic mass is 16.3. The predicted molar refractivity (Wildman–Crippen MR) is 330 cm³/mol. The Balaban J connectivity index is 1.99. The van der Waals surface area contributed by atoms with Gasteiger partial charge < -0.3 is 97.5 Å². The largest absolute Gasteiger partial charge is 0.508 e. The number of guanidine groups is 2. The smallest absolute Gasteiger partial charge is 0.245 e. The molecule has 1 unspecified atom stereocenters. The van der Waals surface area contributed by atoms with Crippen molar-refractivity contribution in [1.29, 1.82) is 0 Å². The molecule has 0 saturated heterocycles. The number of primary amides is 3. The van der Waals surface area contributed by atoms with Crippen LogP contribution in [0, 0.1) is 17.8 Å². The summed E-state index contributed by atoms with van der Waals surface area (Å²) in [6.07, 6.45) is -1.68. The first-order chi connectivity index (χ1) is 41.8. The molecule has 0 radical (unpaired) electrons. The molecule has 0 aliphatic rings. The molecule has 490 valence electrons. The number of hydrogen-bond donors (Lipinski definition) is 17. The Morgan fingerprint density at radius 3 is 1.65 bits per heavy atom. The molecule has 11 amide bonds. The molecule has 31 nitrogen and oxygen atoms in total. The first-order valence-electron chi connectivity index (χ1n) is 29.2. The van der Waals surface area contributed by atoms with Crippen LogP contribution in [0.15, 0.2) is 64.7 Å². The number of phenolic OH excluding ortho intramolecular Hbond substituents is 1. The second kappa shape index (κ2) is 35.9. The summed E-state index contributed by atoms with van der Waals surface area (Å²) in [6.45, 7) is 9.70. The van der Waals surface area contributed by atoms with Crippen LogP contribution in [0.5, 0.6) is 5.75 Å². The third kappa shape index (κ3) is 25.0. The number of aliphatic hydroxyl groups excluding tert-OH is 1. The van der Waals surface area contributed by atoms with Crippen molar-refractivity contribution >= 4 is 87.8 Å². The van der Waals surface area contributed by atoms with Gasteiger partial charge in [0, 0.05) is 62.4 Å². The van der Waals surface area contributed by atoms with Crippen LogP contribution in [-0.2, 0) is 65.6 Å². The number of amides is 11. The van der Waals surface area contributed by atoms with Gasteiger partial charge in [0.2, 0.25) is 65.0 Å². The highest BCUT2D eigenvalue weighted by Gasteiger charge is 2.38. The number of aromatic hydroxyl groups is 1. The first kappa shape index (κ1) is 73.7. The van der Waals surface area contributed by atoms with Crippen molar-refractivity contribution in [2.45, 2.75) is 160 Å². The molecule has 89 heavy (non-hydrogen) atoms. The van der Waals surface area contributed by atoms with Gasteiger partial charge in [0.15, 0.2) is 11.9 Å². The van der Waals surface area contributed by atoms with Crippen molar-refractivity contribution in [1.82, 2.24) is 47.1 Å². The Morgan fingerprint density at radius 1 is 0.562 bits per heavy atom. The Kier molecular flexibility index (Phi) is 29.8. The summed E-state index contributed by atoms with van der Waals surface area (Å²) in [6, 6.07) is 0.630. The van der Waals surface area contributed by atoms with Crippen molar-refractivity contribution in [2.24, 2.45) is 67.9 Å². The number of likely N-dealkylation sites (N-methyl/N-ethyl adjacent to an activating group) is 1. The zero-order valence-electron chi connectivity index (χ0n) is 51.4. The number of fused-ring (bicyclic) bond motifs is 1. The van der Waals surface area contributed by atoms with Crippen LogP contribution in [0.3, 0.4) is 0 Å². The minimum atomic E-state index is -1.85. The fraction of sp³-hybridized carbons (Fsp3) is 0.534. The van der Waals surface area contributed by atoms with Crippen LogP contribution in [-0.4, -0.2) is 172 Å². The number of hydrogen-bond acceptors (Lipinski definition) is 15. The summed E-state index contributed by atoms with van der Waals surface area (Å²) in [5.41, 5.74) is 40.6. The lowest BCUT2D eigenvalue weighted by molar-refractivity contribution is -0.143. The average molecular weight is 1250 g/mol. The number of benzene rings is 2. The average Bonchev–Trinajstić information content (AvgIpc) is 2.03. The van der Waals surface area contributed by atoms with E-state index in [1.807, 2.05) is 13.8 Å². The van der Waals surface area contributed by atoms with Gasteiger partial charge in [-0.2, -0.15) is 0 Å². The molecule has 1 heterocycles. The summed E-state index contributed by atoms with van der Waals surface area (Å²) >= 11 is 0. The van der Waals surface area contributed by atoms with Gasteiger partial charge in [-0.3, -0.25) is 62.7 Å². The van der Waals surface area contributed by atoms with E-state index in [4.69, 9.17) is 40.1 Å². The maximum atomic E-state index is 14.6. The number of nitrogens with one attached hydrogen (secondary N) is 8. The normalized spacial score (nSPS) is 14.5. The number of nitrogens with two attached hydrogens (primary N) is 7. The van der Waals surface area contributed by atoms with Crippen LogP contribution in [0.1, 0.15) is 104 Å². The lowest BCUT2D eigenvalue weighted by Crippen LogP contribution is -2.62. The van der Waals surface area contributed by atoms with Crippen LogP contribution in [0.25, 0.3) is 10.9 Å². The van der Waals surface area contributed by atoms with E-state index in [0.29, 0.717) is 28.5 Å². The van der Waals surface area contributed by atoms with Crippen LogP contribution in [0.2, 0.25) is 0 Å². The van der Waals surface area contributed by atoms with E-state index in [9.17, 15) is 63.0 Å². The lowest BCUT2D eigenvalue weighted by atomic mass is 9.97. The molecule has 2 aromatic carbocycles. The second-order valence-corrected chi connectivity index (χ2v) is 22.7. The Bertz CT molecular complexity index is 3000. The van der Waals surface area contributed by atoms with Gasteiger partial charge in [0.1, 0.15) is 54.1 Å². The molecule has 31 heteroatoms. The fourth-order valence-electron chi connectivity index (χ4n) is 9.58. The van der Waals surface area contributed by atoms with Gasteiger partial charge in [-0.05, 0) is 86.6 Å². The molecule has 0 saturated carbocycles. The second-order valence-electron chi connectivity index (χ2n) is 22.7. The van der Waals surface area contributed by atoms with Crippen molar-refractivity contribution in [2.75, 3.05) is 20.1 Å². The number of aromatic amines is 1. The number of aliphatic imine (C=N–C) groups is 2. The summed E-state index contributed by atoms with van der Waals surface area (Å²) < 4.78 is 0. The Labute approximate surface area is 516 Å². The maximum Gasteiger partial charge on any atom is 0.245 e. The number of rotatable bonds is 38. The molecule has 0 aliphatic carbocycles. The number of carbonyl (C=O) groups is 11. The Morgan fingerprint density at radius 2 is 1.09 bits per heavy atom. The van der Waals surface area contributed by atoms with Crippen LogP contribution in [0.4, 0.5) is 0 Å². The van der Waals surface area contributed by atoms with Crippen LogP contribution >= 0.6 is 0 Å². The topological polar surface area (TPSA) is 538 Å². The van der Waals surface area contributed by atoms with Gasteiger partial charge in [-0.15, -0.1) is 0 Å². The summed E-state index contributed by atoms with van der Waals surface area (Å²) in [5.74, 6) is -11.9. The van der Waals surface area contributed by atoms with Crippen molar-refractivity contribution in [3.8, 4) is 5.75 Å². The number of H-pyrrole nitrogens is 1. The molecule has 24 N–H and O–H groups in total. The van der Waals surface area contributed by atoms with Gasteiger partial charge in [-0.25, -0.2) is 0 Å². The van der Waals surface area contributed by atoms with Crippen molar-refractivity contribution in [3.05, 3.63) is 65.9 Å². The van der Waals surface area contributed by atoms with E-state index in [1.165, 1.54) is 31.3 Å². The molecule has 0 aliphatic heterocycles. The first-order valence-corrected chi connectivity index (χ1v) is 29.2. The summed E-state index contributed by atoms with van der Waals surface area (Å²) in [7, 11) is 1.23. The third-order valence-corrected chi connectivity index (χ3v) is 14.3. The third-order valence-electron chi connectivity index (χ3n) is 14.3. The van der Waals surface area contributed by atoms with Crippen molar-refractivity contribution in [3.63, 3.8) is 0 Å². The quantitative estimate of drug-likeness (QED) is 0.0149. The zero-order chi connectivity index (χ0) is 66.8. The molecule has 3 rings (SSSR count). The zero-order valence-corrected chi connectivity index (χ0v) is 51.4. The molecular formula is C58H90N18O13. The SMILES string of the molecule is CC(C)C[C@H](C)C(=O)N[C@@H](CC(N)=O)C(=O)N[C@@H](Cc1c[nH]c2ccccc12)C(=O)N[C@H](C(=O)N[C@H](C(=O)N[C@@H](CCCN=C(N)N)C(=O)N[C@@H](CCC(N)=O)C(=O)N(C)[C@@H](CCCN=C(N)N)C(=O)NC(Cc1ccc(O)cc1)C(N)=O)[C@@H](C)O)C(C)C. The van der Waals surface area contributed by atoms with Gasteiger partial charge >= 0.3 is 0 Å². The van der Waals surface area contributed by atoms with Gasteiger partial charge in [0.05, 0.1) is 12.5 Å². The number of aliphatic hydroxyl groups is 1. The minimum Gasteiger partial charge on any atom is -0.508 e. The van der Waals surface area contributed by atoms with E-state index >= 15 is 0 Å². The van der Waals surface area contributed by atoms with Gasteiger partial charge in [-0.1, -0.05) is 65.0 Å². The molecule has 0 spiro atoms. The van der Waals surface area contributed by atoms with E-state index in [1.54, 1.807) is 51.2 Å². The Hall–Kier alpha value is -9.55. The molecule has 10 atom stereocenters. The van der Waals surface area contributed by atoms with E-state index < -0.39 is 151 Å². The van der Waals surface area contributed by atoms with E-state index in [2.05, 4.69) is 52.2 Å².